The second-order valence-electron chi connectivity index (χ2n) is 6.81. The predicted molar refractivity (Wildman–Crippen MR) is 122 cm³/mol. The molecule has 0 saturated carbocycles. The first-order chi connectivity index (χ1) is 14.9. The summed E-state index contributed by atoms with van der Waals surface area (Å²) in [5.41, 5.74) is 1.07. The van der Waals surface area contributed by atoms with E-state index in [4.69, 9.17) is 17.0 Å². The normalized spacial score (nSPS) is 17.1. The zero-order valence-electron chi connectivity index (χ0n) is 16.4. The Morgan fingerprint density at radius 3 is 2.87 bits per heavy atom. The number of rotatable bonds is 6. The molecule has 158 valence electrons. The molecule has 3 heterocycles. The van der Waals surface area contributed by atoms with E-state index >= 15 is 0 Å². The van der Waals surface area contributed by atoms with Gasteiger partial charge in [-0.1, -0.05) is 24.9 Å². The maximum Gasteiger partial charge on any atom is 0.283 e. The molecule has 1 N–H and O–H groups in total. The average Bonchev–Trinajstić information content (AvgIpc) is 3.36. The molecule has 0 spiro atoms. The molecule has 1 aromatic heterocycles. The van der Waals surface area contributed by atoms with E-state index in [0.29, 0.717) is 16.5 Å². The van der Waals surface area contributed by atoms with E-state index in [1.54, 1.807) is 29.0 Å². The van der Waals surface area contributed by atoms with Crippen LogP contribution >= 0.6 is 23.4 Å². The number of nitro benzene ring substituents is 1. The lowest BCUT2D eigenvalue weighted by molar-refractivity contribution is -0.384. The Morgan fingerprint density at radius 1 is 1.35 bits per heavy atom. The SMILES string of the molecule is CCCCC1=NN2C(=N)/C(=C\c3cccn3-c3ccc([N+](=O)[O-])cc3Cl)C(=O)N=C2S1. The minimum Gasteiger partial charge on any atom is -0.316 e. The maximum absolute atomic E-state index is 12.6. The van der Waals surface area contributed by atoms with Crippen LogP contribution in [0.15, 0.2) is 52.2 Å². The smallest absolute Gasteiger partial charge is 0.283 e. The van der Waals surface area contributed by atoms with Crippen LogP contribution in [-0.4, -0.2) is 36.5 Å². The van der Waals surface area contributed by atoms with Gasteiger partial charge in [0.05, 0.1) is 21.2 Å². The first kappa shape index (κ1) is 21.0. The number of halogens is 1. The highest BCUT2D eigenvalue weighted by atomic mass is 35.5. The number of aliphatic imine (C=N–C) groups is 1. The molecule has 0 fully saturated rings. The number of unbranched alkanes of at least 4 members (excludes halogenated alkanes) is 1. The fraction of sp³-hybridized carbons (Fsp3) is 0.200. The van der Waals surface area contributed by atoms with Crippen LogP contribution in [0.5, 0.6) is 0 Å². The van der Waals surface area contributed by atoms with Crippen LogP contribution in [0.2, 0.25) is 5.02 Å². The van der Waals surface area contributed by atoms with Crippen LogP contribution in [-0.2, 0) is 4.79 Å². The number of amides is 1. The number of hydrogen-bond donors (Lipinski definition) is 1. The second kappa shape index (κ2) is 8.48. The van der Waals surface area contributed by atoms with Crippen molar-refractivity contribution in [3.05, 3.63) is 62.9 Å². The van der Waals surface area contributed by atoms with E-state index in [-0.39, 0.29) is 22.1 Å². The summed E-state index contributed by atoms with van der Waals surface area (Å²) in [7, 11) is 0. The highest BCUT2D eigenvalue weighted by Gasteiger charge is 2.35. The molecule has 11 heteroatoms. The highest BCUT2D eigenvalue weighted by Crippen LogP contribution is 2.31. The van der Waals surface area contributed by atoms with Gasteiger partial charge < -0.3 is 4.57 Å². The van der Waals surface area contributed by atoms with Crippen molar-refractivity contribution in [2.24, 2.45) is 10.1 Å². The van der Waals surface area contributed by atoms with E-state index in [2.05, 4.69) is 17.0 Å². The molecule has 31 heavy (non-hydrogen) atoms. The van der Waals surface area contributed by atoms with Gasteiger partial charge in [0.1, 0.15) is 5.04 Å². The summed E-state index contributed by atoms with van der Waals surface area (Å²) >= 11 is 7.58. The summed E-state index contributed by atoms with van der Waals surface area (Å²) in [6, 6.07) is 7.67. The molecule has 2 aromatic rings. The van der Waals surface area contributed by atoms with Gasteiger partial charge in [0, 0.05) is 24.0 Å². The van der Waals surface area contributed by atoms with Crippen molar-refractivity contribution >= 4 is 57.1 Å². The largest absolute Gasteiger partial charge is 0.316 e. The lowest BCUT2D eigenvalue weighted by Crippen LogP contribution is -2.35. The molecule has 0 saturated heterocycles. The minimum absolute atomic E-state index is 0.0449. The number of benzene rings is 1. The molecular formula is C20H17ClN6O3S. The first-order valence-corrected chi connectivity index (χ1v) is 10.7. The second-order valence-corrected chi connectivity index (χ2v) is 8.26. The Kier molecular flexibility index (Phi) is 5.75. The predicted octanol–water partition coefficient (Wildman–Crippen LogP) is 4.85. The zero-order chi connectivity index (χ0) is 22.1. The number of amidine groups is 2. The number of non-ortho nitro benzene ring substituents is 1. The Morgan fingerprint density at radius 2 is 2.16 bits per heavy atom. The van der Waals surface area contributed by atoms with Crippen molar-refractivity contribution in [2.75, 3.05) is 0 Å². The molecule has 4 rings (SSSR count). The number of carbonyl (C=O) groups excluding carboxylic acids is 1. The Labute approximate surface area is 186 Å². The van der Waals surface area contributed by atoms with Crippen molar-refractivity contribution in [3.63, 3.8) is 0 Å². The van der Waals surface area contributed by atoms with Gasteiger partial charge in [-0.2, -0.15) is 15.1 Å². The third kappa shape index (κ3) is 4.04. The fourth-order valence-electron chi connectivity index (χ4n) is 3.14. The highest BCUT2D eigenvalue weighted by molar-refractivity contribution is 8.26. The molecule has 0 bridgehead atoms. The zero-order valence-corrected chi connectivity index (χ0v) is 18.0. The monoisotopic (exact) mass is 456 g/mol. The number of nitro groups is 1. The number of carbonyl (C=O) groups is 1. The standard InChI is InChI=1S/C20H17ClN6O3S/c1-2-3-6-17-24-26-18(22)14(19(28)23-20(26)31-17)10-12-5-4-9-25(12)16-8-7-13(27(29)30)11-15(16)21/h4-5,7-11,22H,2-3,6H2,1H3/b14-10+,22-18?. The molecule has 1 aromatic carbocycles. The van der Waals surface area contributed by atoms with E-state index in [0.717, 1.165) is 24.3 Å². The van der Waals surface area contributed by atoms with Crippen molar-refractivity contribution < 1.29 is 9.72 Å². The number of hydrogen-bond acceptors (Lipinski definition) is 6. The summed E-state index contributed by atoms with van der Waals surface area (Å²) in [5, 5.41) is 26.7. The first-order valence-electron chi connectivity index (χ1n) is 9.49. The van der Waals surface area contributed by atoms with Crippen LogP contribution in [0, 0.1) is 15.5 Å². The Bertz CT molecular complexity index is 1200. The van der Waals surface area contributed by atoms with Crippen LogP contribution < -0.4 is 0 Å². The van der Waals surface area contributed by atoms with Gasteiger partial charge in [0.15, 0.2) is 5.84 Å². The third-order valence-corrected chi connectivity index (χ3v) is 5.99. The minimum atomic E-state index is -0.519. The van der Waals surface area contributed by atoms with Crippen molar-refractivity contribution in [3.8, 4) is 5.69 Å². The molecular weight excluding hydrogens is 440 g/mol. The number of nitrogens with one attached hydrogen (secondary N) is 1. The van der Waals surface area contributed by atoms with Gasteiger partial charge >= 0.3 is 0 Å². The van der Waals surface area contributed by atoms with E-state index in [1.807, 2.05) is 0 Å². The number of nitrogens with zero attached hydrogens (tertiary/aromatic N) is 5. The number of fused-ring (bicyclic) bond motifs is 1. The van der Waals surface area contributed by atoms with Crippen LogP contribution in [0.4, 0.5) is 5.69 Å². The number of thioether (sulfide) groups is 1. The van der Waals surface area contributed by atoms with Crippen LogP contribution in [0.3, 0.4) is 0 Å². The summed E-state index contributed by atoms with van der Waals surface area (Å²) in [6.07, 6.45) is 6.04. The fourth-order valence-corrected chi connectivity index (χ4v) is 4.34. The molecule has 2 aliphatic heterocycles. The molecule has 0 atom stereocenters. The van der Waals surface area contributed by atoms with E-state index in [9.17, 15) is 14.9 Å². The molecule has 1 amide bonds. The maximum atomic E-state index is 12.6. The third-order valence-electron chi connectivity index (χ3n) is 4.71. The van der Waals surface area contributed by atoms with Gasteiger partial charge in [0.25, 0.3) is 11.6 Å². The van der Waals surface area contributed by atoms with Crippen molar-refractivity contribution in [1.82, 2.24) is 9.58 Å². The van der Waals surface area contributed by atoms with Crippen LogP contribution in [0.25, 0.3) is 11.8 Å². The summed E-state index contributed by atoms with van der Waals surface area (Å²) in [4.78, 5) is 27.2. The van der Waals surface area contributed by atoms with Crippen molar-refractivity contribution in [2.45, 2.75) is 26.2 Å². The molecule has 2 aliphatic rings. The van der Waals surface area contributed by atoms with Gasteiger partial charge in [0.2, 0.25) is 5.17 Å². The Balaban J connectivity index is 1.68. The molecule has 0 radical (unpaired) electrons. The summed E-state index contributed by atoms with van der Waals surface area (Å²) in [6.45, 7) is 2.09. The molecule has 0 unspecified atom stereocenters. The van der Waals surface area contributed by atoms with E-state index < -0.39 is 10.8 Å². The summed E-state index contributed by atoms with van der Waals surface area (Å²) in [5.74, 6) is -0.560. The quantitative estimate of drug-likeness (QED) is 0.379. The van der Waals surface area contributed by atoms with Crippen molar-refractivity contribution in [1.29, 1.82) is 5.41 Å². The van der Waals surface area contributed by atoms with Gasteiger partial charge in [-0.05, 0) is 48.9 Å². The molecule has 0 aliphatic carbocycles. The van der Waals surface area contributed by atoms with Gasteiger partial charge in [-0.15, -0.1) is 0 Å². The van der Waals surface area contributed by atoms with E-state index in [1.165, 1.54) is 35.0 Å². The summed E-state index contributed by atoms with van der Waals surface area (Å²) < 4.78 is 1.69. The topological polar surface area (TPSA) is 117 Å². The van der Waals surface area contributed by atoms with Gasteiger partial charge in [-0.3, -0.25) is 20.3 Å². The average molecular weight is 457 g/mol. The lowest BCUT2D eigenvalue weighted by Gasteiger charge is -2.20. The van der Waals surface area contributed by atoms with Crippen LogP contribution in [0.1, 0.15) is 31.9 Å². The Hall–Kier alpha value is -3.24. The van der Waals surface area contributed by atoms with Gasteiger partial charge in [-0.25, -0.2) is 0 Å². The molecule has 9 nitrogen and oxygen atoms in total. The number of aromatic nitrogens is 1. The number of hydrazone groups is 1. The lowest BCUT2D eigenvalue weighted by atomic mass is 10.1.